The van der Waals surface area contributed by atoms with E-state index in [4.69, 9.17) is 17.3 Å². The van der Waals surface area contributed by atoms with Gasteiger partial charge in [-0.2, -0.15) is 0 Å². The molecular weight excluding hydrogens is 201 g/mol. The first kappa shape index (κ1) is 11.5. The van der Waals surface area contributed by atoms with Crippen LogP contribution in [-0.4, -0.2) is 6.54 Å². The molecule has 0 heterocycles. The van der Waals surface area contributed by atoms with Crippen LogP contribution in [0.5, 0.6) is 0 Å². The second kappa shape index (κ2) is 5.32. The molecule has 0 spiro atoms. The van der Waals surface area contributed by atoms with Crippen molar-refractivity contribution in [2.24, 2.45) is 5.73 Å². The second-order valence-corrected chi connectivity index (χ2v) is 3.67. The standard InChI is InChI=1S/C11H15ClFN/c1-2-9-6-8(4-3-5-14)7-10(13)11(9)12/h6-7H,2-5,14H2,1H3. The summed E-state index contributed by atoms with van der Waals surface area (Å²) in [5.74, 6) is -0.321. The number of benzene rings is 1. The van der Waals surface area contributed by atoms with Gasteiger partial charge in [0.15, 0.2) is 0 Å². The molecule has 0 aliphatic heterocycles. The van der Waals surface area contributed by atoms with Crippen LogP contribution in [0.4, 0.5) is 4.39 Å². The first-order chi connectivity index (χ1) is 6.69. The Morgan fingerprint density at radius 2 is 2.14 bits per heavy atom. The third-order valence-corrected chi connectivity index (χ3v) is 2.64. The molecule has 0 unspecified atom stereocenters. The molecule has 3 heteroatoms. The number of hydrogen-bond donors (Lipinski definition) is 1. The maximum atomic E-state index is 13.3. The molecule has 1 nitrogen and oxygen atoms in total. The molecule has 0 aliphatic rings. The van der Waals surface area contributed by atoms with E-state index in [2.05, 4.69) is 0 Å². The maximum absolute atomic E-state index is 13.3. The van der Waals surface area contributed by atoms with Gasteiger partial charge in [0.1, 0.15) is 5.82 Å². The Balaban J connectivity index is 2.91. The van der Waals surface area contributed by atoms with Crippen LogP contribution in [0.3, 0.4) is 0 Å². The average Bonchev–Trinajstić information content (AvgIpc) is 2.19. The van der Waals surface area contributed by atoms with E-state index < -0.39 is 0 Å². The molecule has 0 aromatic heterocycles. The monoisotopic (exact) mass is 215 g/mol. The molecule has 0 radical (unpaired) electrons. The molecule has 1 rings (SSSR count). The van der Waals surface area contributed by atoms with Crippen LogP contribution in [0.15, 0.2) is 12.1 Å². The highest BCUT2D eigenvalue weighted by Crippen LogP contribution is 2.23. The Bertz CT molecular complexity index is 312. The van der Waals surface area contributed by atoms with Gasteiger partial charge in [-0.25, -0.2) is 4.39 Å². The topological polar surface area (TPSA) is 26.0 Å². The van der Waals surface area contributed by atoms with Crippen molar-refractivity contribution in [1.82, 2.24) is 0 Å². The lowest BCUT2D eigenvalue weighted by Gasteiger charge is -2.06. The third kappa shape index (κ3) is 2.69. The smallest absolute Gasteiger partial charge is 0.142 e. The molecular formula is C11H15ClFN. The van der Waals surface area contributed by atoms with Gasteiger partial charge in [0.05, 0.1) is 5.02 Å². The van der Waals surface area contributed by atoms with Crippen LogP contribution in [0.1, 0.15) is 24.5 Å². The summed E-state index contributed by atoms with van der Waals surface area (Å²) in [6, 6.07) is 3.46. The minimum absolute atomic E-state index is 0.254. The van der Waals surface area contributed by atoms with E-state index in [1.54, 1.807) is 0 Å². The summed E-state index contributed by atoms with van der Waals surface area (Å²) in [5.41, 5.74) is 7.25. The van der Waals surface area contributed by atoms with Gasteiger partial charge in [0.2, 0.25) is 0 Å². The summed E-state index contributed by atoms with van der Waals surface area (Å²) in [6.45, 7) is 2.60. The minimum atomic E-state index is -0.321. The van der Waals surface area contributed by atoms with Gasteiger partial charge in [-0.05, 0) is 43.0 Å². The van der Waals surface area contributed by atoms with Gasteiger partial charge in [0, 0.05) is 0 Å². The van der Waals surface area contributed by atoms with Gasteiger partial charge in [-0.3, -0.25) is 0 Å². The van der Waals surface area contributed by atoms with Gasteiger partial charge < -0.3 is 5.73 Å². The summed E-state index contributed by atoms with van der Waals surface area (Å²) in [4.78, 5) is 0. The van der Waals surface area contributed by atoms with Crippen molar-refractivity contribution in [1.29, 1.82) is 0 Å². The lowest BCUT2D eigenvalue weighted by molar-refractivity contribution is 0.622. The van der Waals surface area contributed by atoms with E-state index >= 15 is 0 Å². The largest absolute Gasteiger partial charge is 0.330 e. The zero-order chi connectivity index (χ0) is 10.6. The highest BCUT2D eigenvalue weighted by atomic mass is 35.5. The van der Waals surface area contributed by atoms with Gasteiger partial charge >= 0.3 is 0 Å². The fourth-order valence-electron chi connectivity index (χ4n) is 1.42. The van der Waals surface area contributed by atoms with E-state index in [0.29, 0.717) is 6.54 Å². The Labute approximate surface area is 89.1 Å². The Morgan fingerprint density at radius 1 is 1.43 bits per heavy atom. The first-order valence-electron chi connectivity index (χ1n) is 4.86. The highest BCUT2D eigenvalue weighted by Gasteiger charge is 2.07. The number of halogens is 2. The molecule has 0 fully saturated rings. The van der Waals surface area contributed by atoms with E-state index in [9.17, 15) is 4.39 Å². The third-order valence-electron chi connectivity index (χ3n) is 2.21. The van der Waals surface area contributed by atoms with E-state index in [-0.39, 0.29) is 10.8 Å². The molecule has 0 amide bonds. The SMILES string of the molecule is CCc1cc(CCCN)cc(F)c1Cl. The van der Waals surface area contributed by atoms with Crippen LogP contribution < -0.4 is 5.73 Å². The first-order valence-corrected chi connectivity index (χ1v) is 5.23. The summed E-state index contributed by atoms with van der Waals surface area (Å²) >= 11 is 5.80. The minimum Gasteiger partial charge on any atom is -0.330 e. The molecule has 1 aromatic carbocycles. The molecule has 1 aromatic rings. The van der Waals surface area contributed by atoms with Gasteiger partial charge in [-0.1, -0.05) is 24.6 Å². The predicted octanol–water partition coefficient (Wildman–Crippen LogP) is 2.93. The van der Waals surface area contributed by atoms with Crippen molar-refractivity contribution in [3.63, 3.8) is 0 Å². The highest BCUT2D eigenvalue weighted by molar-refractivity contribution is 6.31. The maximum Gasteiger partial charge on any atom is 0.142 e. The molecule has 0 aliphatic carbocycles. The normalized spacial score (nSPS) is 10.6. The van der Waals surface area contributed by atoms with Crippen molar-refractivity contribution in [2.75, 3.05) is 6.54 Å². The zero-order valence-corrected chi connectivity index (χ0v) is 9.07. The van der Waals surface area contributed by atoms with Crippen molar-refractivity contribution in [2.45, 2.75) is 26.2 Å². The fraction of sp³-hybridized carbons (Fsp3) is 0.455. The summed E-state index contributed by atoms with van der Waals surface area (Å²) in [5, 5.41) is 0.254. The lowest BCUT2D eigenvalue weighted by Crippen LogP contribution is -2.01. The molecule has 0 saturated carbocycles. The molecule has 0 atom stereocenters. The number of aryl methyl sites for hydroxylation is 2. The van der Waals surface area contributed by atoms with Crippen molar-refractivity contribution in [3.05, 3.63) is 34.1 Å². The van der Waals surface area contributed by atoms with Crippen molar-refractivity contribution >= 4 is 11.6 Å². The van der Waals surface area contributed by atoms with Crippen molar-refractivity contribution < 1.29 is 4.39 Å². The van der Waals surface area contributed by atoms with Crippen LogP contribution in [0, 0.1) is 5.82 Å². The van der Waals surface area contributed by atoms with E-state index in [0.717, 1.165) is 30.4 Å². The summed E-state index contributed by atoms with van der Waals surface area (Å²) in [7, 11) is 0. The summed E-state index contributed by atoms with van der Waals surface area (Å²) < 4.78 is 13.3. The lowest BCUT2D eigenvalue weighted by atomic mass is 10.0. The van der Waals surface area contributed by atoms with E-state index in [1.807, 2.05) is 13.0 Å². The number of rotatable bonds is 4. The van der Waals surface area contributed by atoms with E-state index in [1.165, 1.54) is 6.07 Å². The Hall–Kier alpha value is -0.600. The van der Waals surface area contributed by atoms with Crippen LogP contribution >= 0.6 is 11.6 Å². The molecule has 14 heavy (non-hydrogen) atoms. The Morgan fingerprint density at radius 3 is 2.71 bits per heavy atom. The predicted molar refractivity (Wildman–Crippen MR) is 58.2 cm³/mol. The van der Waals surface area contributed by atoms with Crippen LogP contribution in [0.25, 0.3) is 0 Å². The van der Waals surface area contributed by atoms with Crippen molar-refractivity contribution in [3.8, 4) is 0 Å². The van der Waals surface area contributed by atoms with Gasteiger partial charge in [0.25, 0.3) is 0 Å². The second-order valence-electron chi connectivity index (χ2n) is 3.30. The Kier molecular flexibility index (Phi) is 4.36. The number of hydrogen-bond acceptors (Lipinski definition) is 1. The number of nitrogens with two attached hydrogens (primary N) is 1. The molecule has 0 bridgehead atoms. The molecule has 78 valence electrons. The zero-order valence-electron chi connectivity index (χ0n) is 8.32. The fourth-order valence-corrected chi connectivity index (χ4v) is 1.66. The van der Waals surface area contributed by atoms with Gasteiger partial charge in [-0.15, -0.1) is 0 Å². The van der Waals surface area contributed by atoms with Crippen LogP contribution in [0.2, 0.25) is 5.02 Å². The summed E-state index contributed by atoms with van der Waals surface area (Å²) in [6.07, 6.45) is 2.45. The average molecular weight is 216 g/mol. The van der Waals surface area contributed by atoms with Crippen LogP contribution in [-0.2, 0) is 12.8 Å². The quantitative estimate of drug-likeness (QED) is 0.821. The molecule has 0 saturated heterocycles. The molecule has 2 N–H and O–H groups in total.